The van der Waals surface area contributed by atoms with Crippen molar-refractivity contribution in [3.63, 3.8) is 0 Å². The quantitative estimate of drug-likeness (QED) is 0.748. The summed E-state index contributed by atoms with van der Waals surface area (Å²) >= 11 is 0. The van der Waals surface area contributed by atoms with E-state index in [9.17, 15) is 14.3 Å². The van der Waals surface area contributed by atoms with Gasteiger partial charge in [0.05, 0.1) is 12.7 Å². The molecule has 0 aliphatic rings. The van der Waals surface area contributed by atoms with E-state index in [0.717, 1.165) is 0 Å². The van der Waals surface area contributed by atoms with Gasteiger partial charge in [0, 0.05) is 12.1 Å². The molecule has 1 aromatic carbocycles. The molecule has 2 unspecified atom stereocenters. The number of nitrogens with two attached hydrogens (primary N) is 1. The predicted molar refractivity (Wildman–Crippen MR) is 74.7 cm³/mol. The van der Waals surface area contributed by atoms with Gasteiger partial charge >= 0.3 is 5.97 Å². The zero-order valence-corrected chi connectivity index (χ0v) is 11.9. The molecule has 0 fully saturated rings. The fraction of sp³-hybridized carbons (Fsp3) is 0.533. The number of aliphatic hydroxyl groups excluding tert-OH is 1. The summed E-state index contributed by atoms with van der Waals surface area (Å²) < 4.78 is 19.1. The molecule has 0 saturated heterocycles. The van der Waals surface area contributed by atoms with Crippen LogP contribution in [0.4, 0.5) is 4.39 Å². The fourth-order valence-electron chi connectivity index (χ4n) is 2.22. The highest BCUT2D eigenvalue weighted by molar-refractivity contribution is 5.83. The van der Waals surface area contributed by atoms with Gasteiger partial charge in [0.1, 0.15) is 11.2 Å². The fourth-order valence-corrected chi connectivity index (χ4v) is 2.22. The molecule has 0 bridgehead atoms. The van der Waals surface area contributed by atoms with Crippen LogP contribution in [0.3, 0.4) is 0 Å². The van der Waals surface area contributed by atoms with E-state index in [0.29, 0.717) is 6.42 Å². The van der Waals surface area contributed by atoms with Crippen LogP contribution in [0.25, 0.3) is 0 Å². The lowest BCUT2D eigenvalue weighted by atomic mass is 9.75. The van der Waals surface area contributed by atoms with Crippen LogP contribution in [0.2, 0.25) is 0 Å². The van der Waals surface area contributed by atoms with Crippen LogP contribution in [-0.2, 0) is 14.9 Å². The van der Waals surface area contributed by atoms with E-state index in [1.807, 2.05) is 0 Å². The molecule has 0 heterocycles. The van der Waals surface area contributed by atoms with E-state index in [2.05, 4.69) is 0 Å². The summed E-state index contributed by atoms with van der Waals surface area (Å²) in [6.07, 6.45) is -0.0206. The van der Waals surface area contributed by atoms with Gasteiger partial charge in [0.15, 0.2) is 0 Å². The molecular weight excluding hydrogens is 261 g/mol. The molecule has 5 heteroatoms. The highest BCUT2D eigenvalue weighted by Gasteiger charge is 2.42. The van der Waals surface area contributed by atoms with Gasteiger partial charge in [0.25, 0.3) is 0 Å². The molecule has 1 aromatic rings. The number of hydrogen-bond donors (Lipinski definition) is 2. The van der Waals surface area contributed by atoms with Crippen molar-refractivity contribution >= 4 is 5.97 Å². The van der Waals surface area contributed by atoms with Gasteiger partial charge in [-0.3, -0.25) is 4.79 Å². The Labute approximate surface area is 118 Å². The van der Waals surface area contributed by atoms with Crippen molar-refractivity contribution in [1.29, 1.82) is 0 Å². The van der Waals surface area contributed by atoms with Crippen LogP contribution >= 0.6 is 0 Å². The summed E-state index contributed by atoms with van der Waals surface area (Å²) in [7, 11) is 0. The Balaban J connectivity index is 3.23. The predicted octanol–water partition coefficient (Wildman–Crippen LogP) is 1.75. The molecule has 0 saturated carbocycles. The Bertz CT molecular complexity index is 450. The zero-order valence-electron chi connectivity index (χ0n) is 11.9. The molecule has 0 aliphatic heterocycles. The van der Waals surface area contributed by atoms with Crippen molar-refractivity contribution in [3.8, 4) is 0 Å². The van der Waals surface area contributed by atoms with Gasteiger partial charge in [-0.05, 0) is 32.8 Å². The van der Waals surface area contributed by atoms with E-state index < -0.39 is 23.3 Å². The van der Waals surface area contributed by atoms with Crippen molar-refractivity contribution in [2.75, 3.05) is 13.2 Å². The van der Waals surface area contributed by atoms with Crippen LogP contribution in [0.5, 0.6) is 0 Å². The average molecular weight is 283 g/mol. The van der Waals surface area contributed by atoms with E-state index in [4.69, 9.17) is 10.5 Å². The monoisotopic (exact) mass is 283 g/mol. The summed E-state index contributed by atoms with van der Waals surface area (Å²) in [5.41, 5.74) is 4.75. The molecule has 4 nitrogen and oxygen atoms in total. The summed E-state index contributed by atoms with van der Waals surface area (Å²) in [6.45, 7) is 3.44. The molecule has 1 rings (SSSR count). The van der Waals surface area contributed by atoms with Gasteiger partial charge in [-0.15, -0.1) is 0 Å². The second-order valence-electron chi connectivity index (χ2n) is 4.87. The second kappa shape index (κ2) is 7.36. The summed E-state index contributed by atoms with van der Waals surface area (Å²) in [6, 6.07) is 6.05. The SMILES string of the molecule is CCOC(=O)C(CN)(CCC(C)O)c1ccccc1F. The summed E-state index contributed by atoms with van der Waals surface area (Å²) in [5, 5.41) is 9.45. The Hall–Kier alpha value is -1.46. The molecule has 0 amide bonds. The molecule has 112 valence electrons. The van der Waals surface area contributed by atoms with E-state index in [1.165, 1.54) is 6.07 Å². The van der Waals surface area contributed by atoms with Crippen molar-refractivity contribution in [2.24, 2.45) is 5.73 Å². The first-order valence-corrected chi connectivity index (χ1v) is 6.78. The summed E-state index contributed by atoms with van der Waals surface area (Å²) in [5.74, 6) is -1.04. The lowest BCUT2D eigenvalue weighted by Gasteiger charge is -2.31. The van der Waals surface area contributed by atoms with Crippen LogP contribution in [-0.4, -0.2) is 30.3 Å². The number of aliphatic hydroxyl groups is 1. The lowest BCUT2D eigenvalue weighted by Crippen LogP contribution is -2.45. The van der Waals surface area contributed by atoms with Crippen molar-refractivity contribution < 1.29 is 19.0 Å². The van der Waals surface area contributed by atoms with Crippen molar-refractivity contribution in [1.82, 2.24) is 0 Å². The molecular formula is C15H22FNO3. The van der Waals surface area contributed by atoms with Gasteiger partial charge in [-0.2, -0.15) is 0 Å². The number of hydrogen-bond acceptors (Lipinski definition) is 4. The van der Waals surface area contributed by atoms with Crippen LogP contribution in [0, 0.1) is 5.82 Å². The van der Waals surface area contributed by atoms with Crippen LogP contribution in [0.1, 0.15) is 32.3 Å². The number of carbonyl (C=O) groups excluding carboxylic acids is 1. The molecule has 0 radical (unpaired) electrons. The third kappa shape index (κ3) is 3.55. The average Bonchev–Trinajstić information content (AvgIpc) is 2.41. The standard InChI is InChI=1S/C15H22FNO3/c1-3-20-14(19)15(10-17,9-8-11(2)18)12-6-4-5-7-13(12)16/h4-7,11,18H,3,8-10,17H2,1-2H3. The van der Waals surface area contributed by atoms with E-state index in [1.54, 1.807) is 32.0 Å². The molecule has 3 N–H and O–H groups in total. The number of carbonyl (C=O) groups is 1. The minimum absolute atomic E-state index is 0.0700. The van der Waals surface area contributed by atoms with Gasteiger partial charge in [0.2, 0.25) is 0 Å². The first kappa shape index (κ1) is 16.6. The van der Waals surface area contributed by atoms with E-state index >= 15 is 0 Å². The Kier molecular flexibility index (Phi) is 6.10. The van der Waals surface area contributed by atoms with Gasteiger partial charge in [-0.25, -0.2) is 4.39 Å². The Morgan fingerprint density at radius 2 is 2.15 bits per heavy atom. The maximum Gasteiger partial charge on any atom is 0.317 e. The topological polar surface area (TPSA) is 72.5 Å². The maximum atomic E-state index is 14.1. The molecule has 0 spiro atoms. The maximum absolute atomic E-state index is 14.1. The lowest BCUT2D eigenvalue weighted by molar-refractivity contribution is -0.150. The van der Waals surface area contributed by atoms with Crippen LogP contribution < -0.4 is 5.73 Å². The molecule has 0 aliphatic carbocycles. The highest BCUT2D eigenvalue weighted by atomic mass is 19.1. The van der Waals surface area contributed by atoms with E-state index in [-0.39, 0.29) is 25.1 Å². The second-order valence-corrected chi connectivity index (χ2v) is 4.87. The smallest absolute Gasteiger partial charge is 0.317 e. The highest BCUT2D eigenvalue weighted by Crippen LogP contribution is 2.32. The van der Waals surface area contributed by atoms with Gasteiger partial charge < -0.3 is 15.6 Å². The Morgan fingerprint density at radius 1 is 1.50 bits per heavy atom. The third-order valence-electron chi connectivity index (χ3n) is 3.39. The van der Waals surface area contributed by atoms with Crippen LogP contribution in [0.15, 0.2) is 24.3 Å². The summed E-state index contributed by atoms with van der Waals surface area (Å²) in [4.78, 5) is 12.3. The number of halogens is 1. The minimum Gasteiger partial charge on any atom is -0.465 e. The largest absolute Gasteiger partial charge is 0.465 e. The Morgan fingerprint density at radius 3 is 2.65 bits per heavy atom. The number of esters is 1. The first-order valence-electron chi connectivity index (χ1n) is 6.78. The van der Waals surface area contributed by atoms with Crippen molar-refractivity contribution in [3.05, 3.63) is 35.6 Å². The van der Waals surface area contributed by atoms with Gasteiger partial charge in [-0.1, -0.05) is 18.2 Å². The molecule has 0 aromatic heterocycles. The number of rotatable bonds is 7. The minimum atomic E-state index is -1.25. The molecule has 2 atom stereocenters. The van der Waals surface area contributed by atoms with Crippen molar-refractivity contribution in [2.45, 2.75) is 38.2 Å². The number of benzene rings is 1. The first-order chi connectivity index (χ1) is 9.47. The number of ether oxygens (including phenoxy) is 1. The third-order valence-corrected chi connectivity index (χ3v) is 3.39. The normalized spacial score (nSPS) is 15.4. The molecule has 20 heavy (non-hydrogen) atoms. The zero-order chi connectivity index (χ0) is 15.2.